The van der Waals surface area contributed by atoms with Crippen LogP contribution in [0.5, 0.6) is 0 Å². The number of carbonyl (C=O) groups is 2. The van der Waals surface area contributed by atoms with E-state index in [4.69, 9.17) is 11.6 Å². The normalized spacial score (nSPS) is 13.2. The number of thiazole rings is 1. The summed E-state index contributed by atoms with van der Waals surface area (Å²) >= 11 is 7.10. The molecule has 0 bridgehead atoms. The molecule has 2 aromatic carbocycles. The van der Waals surface area contributed by atoms with Crippen LogP contribution < -0.4 is 20.1 Å². The summed E-state index contributed by atoms with van der Waals surface area (Å²) < 4.78 is 2.24. The number of nitrogens with one attached hydrogen (secondary N) is 1. The molecule has 0 saturated carbocycles. The molecule has 0 spiro atoms. The molecule has 32 heavy (non-hydrogen) atoms. The predicted molar refractivity (Wildman–Crippen MR) is 131 cm³/mol. The van der Waals surface area contributed by atoms with E-state index in [9.17, 15) is 14.4 Å². The molecule has 3 rings (SSSR count). The zero-order valence-corrected chi connectivity index (χ0v) is 19.8. The molecule has 0 radical (unpaired) electrons. The molecule has 166 valence electrons. The van der Waals surface area contributed by atoms with Gasteiger partial charge in [-0.1, -0.05) is 48.4 Å². The second-order valence-electron chi connectivity index (χ2n) is 7.64. The fourth-order valence-electron chi connectivity index (χ4n) is 2.98. The summed E-state index contributed by atoms with van der Waals surface area (Å²) in [5.74, 6) is -0.532. The molecule has 1 aromatic heterocycles. The van der Waals surface area contributed by atoms with Gasteiger partial charge in [-0.2, -0.15) is 0 Å². The van der Waals surface area contributed by atoms with E-state index in [1.54, 1.807) is 30.3 Å². The topological polar surface area (TPSA) is 68.2 Å². The highest BCUT2D eigenvalue weighted by atomic mass is 35.5. The third kappa shape index (κ3) is 6.05. The number of Topliss-reactive ketones (excluding diaryl/α,β-unsaturated/α-hetero) is 1. The summed E-state index contributed by atoms with van der Waals surface area (Å²) in [5, 5.41) is 3.40. The van der Waals surface area contributed by atoms with Crippen molar-refractivity contribution >= 4 is 46.8 Å². The fourth-order valence-corrected chi connectivity index (χ4v) is 4.15. The molecule has 7 heteroatoms. The number of nitrogens with zero attached hydrogens (tertiary/aromatic N) is 1. The Balaban J connectivity index is 2.08. The van der Waals surface area contributed by atoms with E-state index in [-0.39, 0.29) is 29.8 Å². The lowest BCUT2D eigenvalue weighted by Crippen LogP contribution is -2.40. The van der Waals surface area contributed by atoms with Gasteiger partial charge in [0, 0.05) is 22.7 Å². The minimum absolute atomic E-state index is 0.00134. The Kier molecular flexibility index (Phi) is 7.83. The highest BCUT2D eigenvalue weighted by Gasteiger charge is 2.13. The number of carbonyl (C=O) groups excluding carboxylic acids is 2. The molecule has 3 aromatic rings. The van der Waals surface area contributed by atoms with Crippen LogP contribution in [0, 0.1) is 6.92 Å². The van der Waals surface area contributed by atoms with Crippen molar-refractivity contribution in [3.63, 3.8) is 0 Å². The van der Waals surface area contributed by atoms with Crippen molar-refractivity contribution in [3.05, 3.63) is 89.8 Å². The van der Waals surface area contributed by atoms with Gasteiger partial charge >= 0.3 is 0 Å². The zero-order valence-electron chi connectivity index (χ0n) is 18.2. The van der Waals surface area contributed by atoms with E-state index in [1.807, 2.05) is 45.0 Å². The van der Waals surface area contributed by atoms with Crippen molar-refractivity contribution in [3.8, 4) is 0 Å². The smallest absolute Gasteiger partial charge is 0.269 e. The molecule has 1 N–H and O–H groups in total. The van der Waals surface area contributed by atoms with Gasteiger partial charge < -0.3 is 5.32 Å². The zero-order chi connectivity index (χ0) is 23.3. The monoisotopic (exact) mass is 468 g/mol. The van der Waals surface area contributed by atoms with Gasteiger partial charge in [-0.25, -0.2) is 0 Å². The largest absolute Gasteiger partial charge is 0.352 e. The lowest BCUT2D eigenvalue weighted by Gasteiger charge is -2.11. The Morgan fingerprint density at radius 3 is 2.41 bits per heavy atom. The molecular formula is C25H25ClN2O3S. The van der Waals surface area contributed by atoms with Gasteiger partial charge in [0.25, 0.3) is 5.56 Å². The van der Waals surface area contributed by atoms with Crippen LogP contribution in [0.1, 0.15) is 41.8 Å². The maximum atomic E-state index is 13.1. The van der Waals surface area contributed by atoms with Crippen LogP contribution in [0.2, 0.25) is 5.02 Å². The molecule has 0 fully saturated rings. The number of rotatable bonds is 7. The number of halogens is 1. The summed E-state index contributed by atoms with van der Waals surface area (Å²) in [6.45, 7) is 5.72. The highest BCUT2D eigenvalue weighted by molar-refractivity contribution is 7.07. The molecule has 5 nitrogen and oxygen atoms in total. The Morgan fingerprint density at radius 2 is 1.78 bits per heavy atom. The number of ketones is 1. The number of aromatic nitrogens is 1. The van der Waals surface area contributed by atoms with Crippen LogP contribution in [-0.2, 0) is 11.3 Å². The summed E-state index contributed by atoms with van der Waals surface area (Å²) in [4.78, 5) is 38.4. The standard InChI is InChI=1S/C25H25ClN2O3S/c1-4-17(3)27-23(30)15-28-24(14-21(29)19-9-11-20(26)12-10-19)32-22(25(28)31)13-18-7-5-16(2)6-8-18/h5-14,17H,4,15H2,1-3H3,(H,27,30)/b22-13+,24-14-. The lowest BCUT2D eigenvalue weighted by atomic mass is 10.1. The van der Waals surface area contributed by atoms with E-state index < -0.39 is 0 Å². The third-order valence-corrected chi connectivity index (χ3v) is 6.33. The van der Waals surface area contributed by atoms with Gasteiger partial charge in [-0.3, -0.25) is 19.0 Å². The summed E-state index contributed by atoms with van der Waals surface area (Å²) in [7, 11) is 0. The van der Waals surface area contributed by atoms with Crippen LogP contribution in [0.15, 0.2) is 53.3 Å². The second-order valence-corrected chi connectivity index (χ2v) is 9.14. The number of benzene rings is 2. The van der Waals surface area contributed by atoms with Crippen molar-refractivity contribution in [1.82, 2.24) is 9.88 Å². The maximum Gasteiger partial charge on any atom is 0.269 e. The fraction of sp³-hybridized carbons (Fsp3) is 0.240. The first-order chi connectivity index (χ1) is 15.3. The van der Waals surface area contributed by atoms with Gasteiger partial charge in [-0.15, -0.1) is 11.3 Å². The molecule has 0 aliphatic carbocycles. The molecule has 0 aliphatic rings. The van der Waals surface area contributed by atoms with Crippen molar-refractivity contribution in [1.29, 1.82) is 0 Å². The first-order valence-electron chi connectivity index (χ1n) is 10.4. The number of amides is 1. The SMILES string of the molecule is CCC(C)NC(=O)Cn1c(=O)/c(=C\c2ccc(C)cc2)s/c1=C\C(=O)c1ccc(Cl)cc1. The Morgan fingerprint density at radius 1 is 1.12 bits per heavy atom. The first-order valence-corrected chi connectivity index (χ1v) is 11.5. The van der Waals surface area contributed by atoms with Gasteiger partial charge in [0.15, 0.2) is 5.78 Å². The quantitative estimate of drug-likeness (QED) is 0.541. The Bertz CT molecular complexity index is 1290. The summed E-state index contributed by atoms with van der Waals surface area (Å²) in [6, 6.07) is 14.3. The molecule has 1 amide bonds. The molecular weight excluding hydrogens is 444 g/mol. The summed E-state index contributed by atoms with van der Waals surface area (Å²) in [5.41, 5.74) is 2.15. The second kappa shape index (κ2) is 10.6. The highest BCUT2D eigenvalue weighted by Crippen LogP contribution is 2.10. The average molecular weight is 469 g/mol. The maximum absolute atomic E-state index is 13.1. The minimum Gasteiger partial charge on any atom is -0.352 e. The van der Waals surface area contributed by atoms with Gasteiger partial charge in [0.05, 0.1) is 4.53 Å². The Labute approximate surface area is 195 Å². The van der Waals surface area contributed by atoms with Crippen LogP contribution in [0.25, 0.3) is 12.2 Å². The van der Waals surface area contributed by atoms with Crippen molar-refractivity contribution in [2.45, 2.75) is 39.8 Å². The van der Waals surface area contributed by atoms with E-state index in [0.29, 0.717) is 19.8 Å². The van der Waals surface area contributed by atoms with Crippen LogP contribution >= 0.6 is 22.9 Å². The first kappa shape index (κ1) is 23.7. The van der Waals surface area contributed by atoms with E-state index in [2.05, 4.69) is 5.32 Å². The number of aryl methyl sites for hydroxylation is 1. The Hall–Kier alpha value is -2.96. The number of hydrogen-bond donors (Lipinski definition) is 1. The van der Waals surface area contributed by atoms with E-state index in [1.165, 1.54) is 22.0 Å². The predicted octanol–water partition coefficient (Wildman–Crippen LogP) is 3.28. The molecule has 1 atom stereocenters. The molecule has 1 heterocycles. The van der Waals surface area contributed by atoms with Crippen LogP contribution in [-0.4, -0.2) is 22.3 Å². The number of hydrogen-bond acceptors (Lipinski definition) is 4. The van der Waals surface area contributed by atoms with Crippen molar-refractivity contribution < 1.29 is 9.59 Å². The van der Waals surface area contributed by atoms with Gasteiger partial charge in [0.1, 0.15) is 11.2 Å². The van der Waals surface area contributed by atoms with Crippen LogP contribution in [0.3, 0.4) is 0 Å². The average Bonchev–Trinajstić information content (AvgIpc) is 3.04. The van der Waals surface area contributed by atoms with Crippen molar-refractivity contribution in [2.75, 3.05) is 0 Å². The van der Waals surface area contributed by atoms with E-state index >= 15 is 0 Å². The van der Waals surface area contributed by atoms with Gasteiger partial charge in [0.2, 0.25) is 5.91 Å². The molecule has 0 aliphatic heterocycles. The van der Waals surface area contributed by atoms with Crippen LogP contribution in [0.4, 0.5) is 0 Å². The lowest BCUT2D eigenvalue weighted by molar-refractivity contribution is -0.122. The van der Waals surface area contributed by atoms with E-state index in [0.717, 1.165) is 17.5 Å². The van der Waals surface area contributed by atoms with Gasteiger partial charge in [-0.05, 0) is 56.2 Å². The minimum atomic E-state index is -0.301. The van der Waals surface area contributed by atoms with Crippen molar-refractivity contribution in [2.24, 2.45) is 0 Å². The molecule has 1 unspecified atom stereocenters. The molecule has 0 saturated heterocycles. The summed E-state index contributed by atoms with van der Waals surface area (Å²) in [6.07, 6.45) is 3.96. The third-order valence-electron chi connectivity index (χ3n) is 5.02.